The summed E-state index contributed by atoms with van der Waals surface area (Å²) in [4.78, 5) is 44.9. The van der Waals surface area contributed by atoms with E-state index in [2.05, 4.69) is 0 Å². The Hall–Kier alpha value is -4.17. The number of hydroxylamine groups is 1. The Morgan fingerprint density at radius 2 is 1.47 bits per heavy atom. The van der Waals surface area contributed by atoms with Crippen molar-refractivity contribution < 1.29 is 29.4 Å². The predicted molar refractivity (Wildman–Crippen MR) is 114 cm³/mol. The maximum atomic E-state index is 13.5. The molecule has 0 spiro atoms. The van der Waals surface area contributed by atoms with Gasteiger partial charge >= 0.3 is 5.97 Å². The highest BCUT2D eigenvalue weighted by Crippen LogP contribution is 2.47. The van der Waals surface area contributed by atoms with Crippen molar-refractivity contribution in [2.75, 3.05) is 9.96 Å². The highest BCUT2D eigenvalue weighted by molar-refractivity contribution is 6.24. The number of phenolic OH excluding ortho intramolecular Hbond substituents is 1. The number of para-hydroxylation sites is 1. The van der Waals surface area contributed by atoms with Crippen LogP contribution in [0.5, 0.6) is 5.75 Å². The van der Waals surface area contributed by atoms with Crippen LogP contribution in [-0.2, 0) is 14.4 Å². The number of amides is 2. The second-order valence-corrected chi connectivity index (χ2v) is 7.61. The van der Waals surface area contributed by atoms with Gasteiger partial charge in [0.1, 0.15) is 11.7 Å². The summed E-state index contributed by atoms with van der Waals surface area (Å²) in [7, 11) is 0. The van der Waals surface area contributed by atoms with Gasteiger partial charge in [-0.25, -0.2) is 14.8 Å². The van der Waals surface area contributed by atoms with Gasteiger partial charge in [-0.1, -0.05) is 30.3 Å². The van der Waals surface area contributed by atoms with E-state index in [0.29, 0.717) is 16.9 Å². The number of benzene rings is 3. The topological polar surface area (TPSA) is 107 Å². The van der Waals surface area contributed by atoms with Crippen molar-refractivity contribution in [1.29, 1.82) is 0 Å². The molecule has 2 aliphatic heterocycles. The minimum atomic E-state index is -1.10. The van der Waals surface area contributed by atoms with Crippen molar-refractivity contribution in [3.8, 4) is 5.75 Å². The lowest BCUT2D eigenvalue weighted by molar-refractivity contribution is -0.126. The van der Waals surface area contributed by atoms with E-state index in [1.54, 1.807) is 17.2 Å². The van der Waals surface area contributed by atoms with E-state index in [9.17, 15) is 19.5 Å². The number of nitrogens with zero attached hydrogens (tertiary/aromatic N) is 2. The van der Waals surface area contributed by atoms with Crippen LogP contribution >= 0.6 is 0 Å². The number of carbonyl (C=O) groups is 3. The number of fused-ring (bicyclic) bond motifs is 1. The first-order chi connectivity index (χ1) is 15.5. The minimum Gasteiger partial charge on any atom is -0.508 e. The predicted octanol–water partition coefficient (Wildman–Crippen LogP) is 3.14. The number of hydrogen-bond donors (Lipinski definition) is 2. The van der Waals surface area contributed by atoms with E-state index < -0.39 is 35.8 Å². The third-order valence-electron chi connectivity index (χ3n) is 5.73. The van der Waals surface area contributed by atoms with Crippen molar-refractivity contribution in [2.24, 2.45) is 5.92 Å². The van der Waals surface area contributed by atoms with Gasteiger partial charge in [0.15, 0.2) is 6.10 Å². The van der Waals surface area contributed by atoms with Crippen LogP contribution in [0.15, 0.2) is 78.9 Å². The first-order valence-electron chi connectivity index (χ1n) is 9.97. The van der Waals surface area contributed by atoms with E-state index in [4.69, 9.17) is 9.94 Å². The van der Waals surface area contributed by atoms with Gasteiger partial charge in [-0.3, -0.25) is 14.4 Å². The van der Waals surface area contributed by atoms with Gasteiger partial charge in [0.2, 0.25) is 5.91 Å². The van der Waals surface area contributed by atoms with Crippen LogP contribution in [-0.4, -0.2) is 34.1 Å². The largest absolute Gasteiger partial charge is 0.508 e. The molecule has 2 N–H and O–H groups in total. The molecule has 3 atom stereocenters. The Morgan fingerprint density at radius 3 is 2.09 bits per heavy atom. The van der Waals surface area contributed by atoms with Crippen molar-refractivity contribution in [1.82, 2.24) is 0 Å². The van der Waals surface area contributed by atoms with Crippen molar-refractivity contribution in [3.05, 3.63) is 90.0 Å². The van der Waals surface area contributed by atoms with Crippen molar-refractivity contribution >= 4 is 29.2 Å². The van der Waals surface area contributed by atoms with Crippen LogP contribution in [0.1, 0.15) is 22.0 Å². The molecule has 5 rings (SSSR count). The number of imide groups is 1. The van der Waals surface area contributed by atoms with Crippen LogP contribution < -0.4 is 9.96 Å². The van der Waals surface area contributed by atoms with E-state index in [0.717, 1.165) is 4.90 Å². The summed E-state index contributed by atoms with van der Waals surface area (Å²) in [6, 6.07) is 20.6. The summed E-state index contributed by atoms with van der Waals surface area (Å²) < 4.78 is 0. The quantitative estimate of drug-likeness (QED) is 0.613. The van der Waals surface area contributed by atoms with E-state index in [1.165, 1.54) is 36.4 Å². The molecule has 3 aromatic carbocycles. The third kappa shape index (κ3) is 3.09. The Bertz CT molecular complexity index is 1190. The van der Waals surface area contributed by atoms with Gasteiger partial charge in [-0.2, -0.15) is 0 Å². The summed E-state index contributed by atoms with van der Waals surface area (Å²) >= 11 is 0. The van der Waals surface area contributed by atoms with Gasteiger partial charge in [-0.15, -0.1) is 0 Å². The molecule has 0 unspecified atom stereocenters. The highest BCUT2D eigenvalue weighted by atomic mass is 16.7. The van der Waals surface area contributed by atoms with Gasteiger partial charge < -0.3 is 10.2 Å². The number of hydrogen-bond acceptors (Lipinski definition) is 6. The Balaban J connectivity index is 1.55. The lowest BCUT2D eigenvalue weighted by Gasteiger charge is -2.28. The summed E-state index contributed by atoms with van der Waals surface area (Å²) in [5.41, 5.74) is 1.75. The number of aromatic carboxylic acids is 1. The number of carbonyl (C=O) groups excluding carboxylic acids is 2. The molecule has 2 fully saturated rings. The number of aromatic hydroxyl groups is 1. The number of rotatable bonds is 4. The maximum absolute atomic E-state index is 13.5. The van der Waals surface area contributed by atoms with E-state index in [1.807, 2.05) is 30.3 Å². The third-order valence-corrected chi connectivity index (χ3v) is 5.73. The van der Waals surface area contributed by atoms with Crippen LogP contribution in [0.4, 0.5) is 11.4 Å². The van der Waals surface area contributed by atoms with Gasteiger partial charge in [0, 0.05) is 0 Å². The van der Waals surface area contributed by atoms with Gasteiger partial charge in [0.05, 0.1) is 23.0 Å². The molecule has 2 aliphatic rings. The Labute approximate surface area is 182 Å². The zero-order valence-corrected chi connectivity index (χ0v) is 16.7. The molecular formula is C24H18N2O6. The fraction of sp³-hybridized carbons (Fsp3) is 0.125. The van der Waals surface area contributed by atoms with E-state index >= 15 is 0 Å². The van der Waals surface area contributed by atoms with Crippen LogP contribution in [0.25, 0.3) is 0 Å². The van der Waals surface area contributed by atoms with E-state index in [-0.39, 0.29) is 11.3 Å². The average Bonchev–Trinajstić information content (AvgIpc) is 3.31. The fourth-order valence-corrected chi connectivity index (χ4v) is 4.23. The molecule has 2 saturated heterocycles. The monoisotopic (exact) mass is 430 g/mol. The molecule has 2 amide bonds. The number of anilines is 2. The molecule has 0 saturated carbocycles. The summed E-state index contributed by atoms with van der Waals surface area (Å²) in [6.07, 6.45) is -1.03. The van der Waals surface area contributed by atoms with Gasteiger partial charge in [0.25, 0.3) is 5.91 Å². The standard InChI is InChI=1S/C24H18N2O6/c27-18-12-8-14(9-13-18)20-19-21(32-26(20)17-4-2-1-3-5-17)23(29)25(22(19)28)16-10-6-15(7-11-16)24(30)31/h1-13,19-21,27H,(H,30,31)/t19-,20+,21+/m0/s1. The van der Waals surface area contributed by atoms with Crippen molar-refractivity contribution in [2.45, 2.75) is 12.1 Å². The summed E-state index contributed by atoms with van der Waals surface area (Å²) in [6.45, 7) is 0. The first-order valence-corrected chi connectivity index (χ1v) is 9.97. The molecule has 8 heteroatoms. The zero-order chi connectivity index (χ0) is 22.4. The molecular weight excluding hydrogens is 412 g/mol. The second-order valence-electron chi connectivity index (χ2n) is 7.61. The molecule has 8 nitrogen and oxygen atoms in total. The molecule has 160 valence electrons. The number of carboxylic acids is 1. The van der Waals surface area contributed by atoms with Crippen molar-refractivity contribution in [3.63, 3.8) is 0 Å². The minimum absolute atomic E-state index is 0.0570. The fourth-order valence-electron chi connectivity index (χ4n) is 4.23. The van der Waals surface area contributed by atoms with Crippen LogP contribution in [0, 0.1) is 5.92 Å². The molecule has 0 bridgehead atoms. The molecule has 0 radical (unpaired) electrons. The Kier molecular flexibility index (Phi) is 4.64. The maximum Gasteiger partial charge on any atom is 0.335 e. The second kappa shape index (κ2) is 7.51. The molecule has 0 aliphatic carbocycles. The average molecular weight is 430 g/mol. The number of phenols is 1. The summed E-state index contributed by atoms with van der Waals surface area (Å²) in [5.74, 6) is -2.76. The molecule has 3 aromatic rings. The summed E-state index contributed by atoms with van der Waals surface area (Å²) in [5, 5.41) is 20.4. The van der Waals surface area contributed by atoms with Crippen LogP contribution in [0.3, 0.4) is 0 Å². The zero-order valence-electron chi connectivity index (χ0n) is 16.7. The Morgan fingerprint density at radius 1 is 0.812 bits per heavy atom. The molecule has 32 heavy (non-hydrogen) atoms. The lowest BCUT2D eigenvalue weighted by atomic mass is 9.90. The van der Waals surface area contributed by atoms with Crippen LogP contribution in [0.2, 0.25) is 0 Å². The smallest absolute Gasteiger partial charge is 0.335 e. The lowest BCUT2D eigenvalue weighted by Crippen LogP contribution is -2.37. The molecule has 0 aromatic heterocycles. The SMILES string of the molecule is O=C(O)c1ccc(N2C(=O)[C@H]3[C@@H](c4ccc(O)cc4)N(c4ccccc4)O[C@H]3C2=O)cc1. The first kappa shape index (κ1) is 19.8. The normalized spacial score (nSPS) is 22.3. The van der Waals surface area contributed by atoms with Gasteiger partial charge in [-0.05, 0) is 54.1 Å². The highest BCUT2D eigenvalue weighted by Gasteiger charge is 2.60. The number of carboxylic acid groups (broad SMARTS) is 1. The molecule has 2 heterocycles.